The Kier molecular flexibility index (Phi) is 5.53. The van der Waals surface area contributed by atoms with E-state index in [4.69, 9.17) is 0 Å². The van der Waals surface area contributed by atoms with Gasteiger partial charge in [0.15, 0.2) is 0 Å². The van der Waals surface area contributed by atoms with Crippen molar-refractivity contribution in [1.82, 2.24) is 14.4 Å². The molecule has 5 nitrogen and oxygen atoms in total. The SMILES string of the molecule is CC(C)N(CC(=O)N1CCn2cccc2C1c1cccc(F)c1)C(=O)C12CC3CC(CC(C3)C1)C2. The summed E-state index contributed by atoms with van der Waals surface area (Å²) in [6, 6.07) is 10.1. The average Bonchev–Trinajstić information content (AvgIpc) is 3.29. The zero-order valence-corrected chi connectivity index (χ0v) is 20.8. The minimum Gasteiger partial charge on any atom is -0.348 e. The van der Waals surface area contributed by atoms with Gasteiger partial charge >= 0.3 is 0 Å². The summed E-state index contributed by atoms with van der Waals surface area (Å²) in [6.45, 7) is 5.38. The molecule has 6 heteroatoms. The normalized spacial score (nSPS) is 31.0. The number of carbonyl (C=O) groups is 2. The molecule has 1 unspecified atom stereocenters. The maximum atomic E-state index is 14.2. The Balaban J connectivity index is 1.27. The zero-order valence-electron chi connectivity index (χ0n) is 20.8. The van der Waals surface area contributed by atoms with Crippen LogP contribution >= 0.6 is 0 Å². The first-order valence-corrected chi connectivity index (χ1v) is 13.3. The summed E-state index contributed by atoms with van der Waals surface area (Å²) >= 11 is 0. The molecule has 7 rings (SSSR count). The lowest BCUT2D eigenvalue weighted by atomic mass is 9.49. The van der Waals surface area contributed by atoms with Gasteiger partial charge < -0.3 is 14.4 Å². The van der Waals surface area contributed by atoms with E-state index >= 15 is 0 Å². The highest BCUT2D eigenvalue weighted by Gasteiger charge is 2.56. The standard InChI is InChI=1S/C29H36FN3O2/c1-19(2)33(28(35)29-15-20-11-21(16-29)13-22(12-20)17-29)18-26(34)32-10-9-31-8-4-7-25(31)27(32)23-5-3-6-24(30)14-23/h3-8,14,19-22,27H,9-13,15-18H2,1-2H3. The van der Waals surface area contributed by atoms with E-state index in [9.17, 15) is 14.0 Å². The van der Waals surface area contributed by atoms with E-state index in [1.807, 2.05) is 48.0 Å². The van der Waals surface area contributed by atoms with Crippen LogP contribution in [0.4, 0.5) is 4.39 Å². The molecular weight excluding hydrogens is 441 g/mol. The molecule has 0 N–H and O–H groups in total. The van der Waals surface area contributed by atoms with Crippen LogP contribution in [-0.4, -0.2) is 45.3 Å². The van der Waals surface area contributed by atoms with E-state index in [-0.39, 0.29) is 41.7 Å². The van der Waals surface area contributed by atoms with E-state index in [1.165, 1.54) is 31.4 Å². The highest BCUT2D eigenvalue weighted by molar-refractivity contribution is 5.89. The number of carbonyl (C=O) groups excluding carboxylic acids is 2. The average molecular weight is 478 g/mol. The Bertz CT molecular complexity index is 1100. The first-order valence-electron chi connectivity index (χ1n) is 13.3. The van der Waals surface area contributed by atoms with Crippen LogP contribution in [0.25, 0.3) is 0 Å². The van der Waals surface area contributed by atoms with Gasteiger partial charge in [0.2, 0.25) is 11.8 Å². The summed E-state index contributed by atoms with van der Waals surface area (Å²) in [5, 5.41) is 0. The minimum absolute atomic E-state index is 0.0410. The van der Waals surface area contributed by atoms with Gasteiger partial charge in [0.25, 0.3) is 0 Å². The summed E-state index contributed by atoms with van der Waals surface area (Å²) in [5.41, 5.74) is 1.48. The number of nitrogens with zero attached hydrogens (tertiary/aromatic N) is 3. The van der Waals surface area contributed by atoms with Gasteiger partial charge in [-0.15, -0.1) is 0 Å². The summed E-state index contributed by atoms with van der Waals surface area (Å²) in [6.07, 6.45) is 8.87. The lowest BCUT2D eigenvalue weighted by Crippen LogP contribution is -2.58. The second kappa shape index (κ2) is 8.49. The quantitative estimate of drug-likeness (QED) is 0.608. The van der Waals surface area contributed by atoms with Crippen LogP contribution in [0, 0.1) is 29.0 Å². The Morgan fingerprint density at radius 3 is 2.34 bits per heavy atom. The third kappa shape index (κ3) is 3.89. The largest absolute Gasteiger partial charge is 0.348 e. The van der Waals surface area contributed by atoms with E-state index in [2.05, 4.69) is 4.57 Å². The topological polar surface area (TPSA) is 45.6 Å². The number of halogens is 1. The first-order chi connectivity index (χ1) is 16.8. The van der Waals surface area contributed by atoms with Gasteiger partial charge in [0.1, 0.15) is 12.4 Å². The molecular formula is C29H36FN3O2. The highest BCUT2D eigenvalue weighted by atomic mass is 19.1. The van der Waals surface area contributed by atoms with Crippen LogP contribution in [0.5, 0.6) is 0 Å². The Hall–Kier alpha value is -2.63. The molecule has 0 spiro atoms. The van der Waals surface area contributed by atoms with Gasteiger partial charge in [-0.3, -0.25) is 9.59 Å². The summed E-state index contributed by atoms with van der Waals surface area (Å²) in [7, 11) is 0. The minimum atomic E-state index is -0.356. The maximum Gasteiger partial charge on any atom is 0.243 e. The molecule has 2 heterocycles. The van der Waals surface area contributed by atoms with Crippen molar-refractivity contribution in [2.24, 2.45) is 23.2 Å². The number of amides is 2. The number of rotatable bonds is 5. The van der Waals surface area contributed by atoms with Crippen molar-refractivity contribution >= 4 is 11.8 Å². The lowest BCUT2D eigenvalue weighted by molar-refractivity contribution is -0.162. The molecule has 4 aliphatic carbocycles. The van der Waals surface area contributed by atoms with Crippen LogP contribution in [0.2, 0.25) is 0 Å². The number of fused-ring (bicyclic) bond motifs is 1. The molecule has 0 saturated heterocycles. The molecule has 1 aliphatic heterocycles. The van der Waals surface area contributed by atoms with Crippen molar-refractivity contribution in [3.05, 3.63) is 59.7 Å². The molecule has 1 aromatic carbocycles. The molecule has 4 fully saturated rings. The van der Waals surface area contributed by atoms with Crippen LogP contribution in [0.15, 0.2) is 42.6 Å². The lowest BCUT2D eigenvalue weighted by Gasteiger charge is -2.57. The smallest absolute Gasteiger partial charge is 0.243 e. The Morgan fingerprint density at radius 2 is 1.71 bits per heavy atom. The van der Waals surface area contributed by atoms with E-state index < -0.39 is 0 Å². The number of benzene rings is 1. The van der Waals surface area contributed by atoms with Gasteiger partial charge in [-0.25, -0.2) is 4.39 Å². The molecule has 4 saturated carbocycles. The van der Waals surface area contributed by atoms with E-state index in [0.717, 1.165) is 30.5 Å². The summed E-state index contributed by atoms with van der Waals surface area (Å²) in [4.78, 5) is 31.7. The number of hydrogen-bond donors (Lipinski definition) is 0. The fourth-order valence-electron chi connectivity index (χ4n) is 8.08. The van der Waals surface area contributed by atoms with Crippen molar-refractivity contribution < 1.29 is 14.0 Å². The maximum absolute atomic E-state index is 14.2. The van der Waals surface area contributed by atoms with Crippen molar-refractivity contribution in [2.45, 2.75) is 71.0 Å². The summed E-state index contributed by atoms with van der Waals surface area (Å²) in [5.74, 6) is 1.88. The molecule has 5 aliphatic rings. The molecule has 4 bridgehead atoms. The van der Waals surface area contributed by atoms with Crippen LogP contribution in [0.3, 0.4) is 0 Å². The number of hydrogen-bond acceptors (Lipinski definition) is 2. The van der Waals surface area contributed by atoms with Gasteiger partial charge in [-0.2, -0.15) is 0 Å². The number of aromatic nitrogens is 1. The molecule has 1 atom stereocenters. The van der Waals surface area contributed by atoms with Crippen molar-refractivity contribution in [3.8, 4) is 0 Å². The van der Waals surface area contributed by atoms with Crippen molar-refractivity contribution in [2.75, 3.05) is 13.1 Å². The van der Waals surface area contributed by atoms with Gasteiger partial charge in [0, 0.05) is 31.0 Å². The van der Waals surface area contributed by atoms with Gasteiger partial charge in [-0.05, 0) is 100.0 Å². The highest BCUT2D eigenvalue weighted by Crippen LogP contribution is 2.60. The predicted molar refractivity (Wildman–Crippen MR) is 132 cm³/mol. The van der Waals surface area contributed by atoms with Gasteiger partial charge in [-0.1, -0.05) is 12.1 Å². The summed E-state index contributed by atoms with van der Waals surface area (Å²) < 4.78 is 16.3. The fourth-order valence-corrected chi connectivity index (χ4v) is 8.08. The second-order valence-electron chi connectivity index (χ2n) is 11.9. The molecule has 186 valence electrons. The first kappa shape index (κ1) is 22.8. The Labute approximate surface area is 207 Å². The van der Waals surface area contributed by atoms with Crippen LogP contribution < -0.4 is 0 Å². The fraction of sp³-hybridized carbons (Fsp3) is 0.586. The Morgan fingerprint density at radius 1 is 1.03 bits per heavy atom. The van der Waals surface area contributed by atoms with E-state index in [1.54, 1.807) is 6.07 Å². The van der Waals surface area contributed by atoms with Crippen molar-refractivity contribution in [1.29, 1.82) is 0 Å². The monoisotopic (exact) mass is 477 g/mol. The molecule has 35 heavy (non-hydrogen) atoms. The third-order valence-corrected chi connectivity index (χ3v) is 9.20. The molecule has 0 radical (unpaired) electrons. The molecule has 2 aromatic rings. The zero-order chi connectivity index (χ0) is 24.3. The third-order valence-electron chi connectivity index (χ3n) is 9.20. The van der Waals surface area contributed by atoms with Crippen LogP contribution in [-0.2, 0) is 16.1 Å². The molecule has 1 aromatic heterocycles. The van der Waals surface area contributed by atoms with Gasteiger partial charge in [0.05, 0.1) is 11.5 Å². The van der Waals surface area contributed by atoms with Crippen molar-refractivity contribution in [3.63, 3.8) is 0 Å². The molecule has 2 amide bonds. The predicted octanol–water partition coefficient (Wildman–Crippen LogP) is 5.01. The van der Waals surface area contributed by atoms with Crippen LogP contribution in [0.1, 0.15) is 69.7 Å². The second-order valence-corrected chi connectivity index (χ2v) is 11.9. The van der Waals surface area contributed by atoms with E-state index in [0.29, 0.717) is 30.8 Å².